The van der Waals surface area contributed by atoms with Crippen LogP contribution in [0.15, 0.2) is 23.4 Å². The van der Waals surface area contributed by atoms with Gasteiger partial charge in [0.05, 0.1) is 10.6 Å². The molecule has 1 nitrogen and oxygen atoms in total. The molecule has 1 aromatic heterocycles. The molecule has 0 radical (unpaired) electrons. The maximum absolute atomic E-state index is 12.3. The minimum atomic E-state index is -4.31. The predicted molar refractivity (Wildman–Crippen MR) is 69.2 cm³/mol. The average molecular weight is 298 g/mol. The Bertz CT molecular complexity index is 340. The number of thioether (sulfide) groups is 1. The van der Waals surface area contributed by atoms with Crippen molar-refractivity contribution in [2.75, 3.05) is 11.6 Å². The van der Waals surface area contributed by atoms with Gasteiger partial charge in [-0.3, -0.25) is 0 Å². The first kappa shape index (κ1) is 15.6. The molecule has 1 heterocycles. The normalized spacial score (nSPS) is 11.8. The fraction of sp³-hybridized carbons (Fsp3) is 0.583. The van der Waals surface area contributed by atoms with E-state index >= 15 is 0 Å². The quantitative estimate of drug-likeness (QED) is 0.399. The van der Waals surface area contributed by atoms with Crippen LogP contribution in [0, 0.1) is 0 Å². The van der Waals surface area contributed by atoms with Crippen LogP contribution in [0.25, 0.3) is 0 Å². The number of hydrogen-bond donors (Lipinski definition) is 0. The Morgan fingerprint density at radius 2 is 1.83 bits per heavy atom. The zero-order valence-corrected chi connectivity index (χ0v) is 11.4. The largest absolute Gasteiger partial charge is 0.417 e. The Morgan fingerprint density at radius 3 is 2.39 bits per heavy atom. The monoisotopic (exact) mass is 297 g/mol. The molecular weight excluding hydrogens is 283 g/mol. The fourth-order valence-corrected chi connectivity index (χ4v) is 2.40. The summed E-state index contributed by atoms with van der Waals surface area (Å²) in [6.45, 7) is 0. The maximum atomic E-state index is 12.3. The summed E-state index contributed by atoms with van der Waals surface area (Å²) in [6, 6.07) is 2.50. The number of nitrogens with zero attached hydrogens (tertiary/aromatic N) is 1. The summed E-state index contributed by atoms with van der Waals surface area (Å²) >= 11 is 7.04. The van der Waals surface area contributed by atoms with Crippen LogP contribution in [0.3, 0.4) is 0 Å². The lowest BCUT2D eigenvalue weighted by Crippen LogP contribution is -2.05. The number of alkyl halides is 4. The molecule has 0 fully saturated rings. The first-order valence-corrected chi connectivity index (χ1v) is 7.28. The van der Waals surface area contributed by atoms with E-state index in [1.54, 1.807) is 0 Å². The Balaban J connectivity index is 2.27. The van der Waals surface area contributed by atoms with E-state index < -0.39 is 11.7 Å². The summed E-state index contributed by atoms with van der Waals surface area (Å²) in [5, 5.41) is 0.639. The van der Waals surface area contributed by atoms with Gasteiger partial charge in [-0.25, -0.2) is 4.98 Å². The first-order chi connectivity index (χ1) is 8.54. The summed E-state index contributed by atoms with van der Waals surface area (Å²) in [5.41, 5.74) is -0.700. The molecular formula is C12H15ClF3NS. The molecule has 0 unspecified atom stereocenters. The van der Waals surface area contributed by atoms with Crippen molar-refractivity contribution in [2.24, 2.45) is 0 Å². The average Bonchev–Trinajstić information content (AvgIpc) is 2.33. The second-order valence-corrected chi connectivity index (χ2v) is 5.33. The zero-order chi connectivity index (χ0) is 13.4. The van der Waals surface area contributed by atoms with Crippen LogP contribution in [0.2, 0.25) is 0 Å². The van der Waals surface area contributed by atoms with Gasteiger partial charge in [0.25, 0.3) is 0 Å². The highest BCUT2D eigenvalue weighted by molar-refractivity contribution is 7.99. The summed E-state index contributed by atoms with van der Waals surface area (Å²) in [5.74, 6) is 1.56. The van der Waals surface area contributed by atoms with Gasteiger partial charge in [0.1, 0.15) is 0 Å². The maximum Gasteiger partial charge on any atom is 0.417 e. The van der Waals surface area contributed by atoms with Crippen molar-refractivity contribution in [3.05, 3.63) is 23.9 Å². The fourth-order valence-electron chi connectivity index (χ4n) is 1.36. The lowest BCUT2D eigenvalue weighted by molar-refractivity contribution is -0.137. The molecule has 0 saturated carbocycles. The van der Waals surface area contributed by atoms with Gasteiger partial charge < -0.3 is 0 Å². The molecule has 0 spiro atoms. The van der Waals surface area contributed by atoms with Gasteiger partial charge in [-0.05, 0) is 30.7 Å². The van der Waals surface area contributed by atoms with E-state index in [1.807, 2.05) is 0 Å². The Kier molecular flexibility index (Phi) is 6.86. The third-order valence-electron chi connectivity index (χ3n) is 2.34. The van der Waals surface area contributed by atoms with Gasteiger partial charge in [0, 0.05) is 12.1 Å². The Morgan fingerprint density at radius 1 is 1.11 bits per heavy atom. The zero-order valence-electron chi connectivity index (χ0n) is 9.84. The van der Waals surface area contributed by atoms with Gasteiger partial charge in [-0.2, -0.15) is 13.2 Å². The molecule has 18 heavy (non-hydrogen) atoms. The Labute approximate surface area is 114 Å². The second kappa shape index (κ2) is 7.89. The number of halogens is 4. The molecule has 0 aliphatic carbocycles. The number of pyridine rings is 1. The molecule has 0 saturated heterocycles. The molecule has 0 aliphatic heterocycles. The first-order valence-electron chi connectivity index (χ1n) is 5.76. The molecule has 0 amide bonds. The van der Waals surface area contributed by atoms with Crippen LogP contribution in [0.4, 0.5) is 13.2 Å². The molecule has 0 aromatic carbocycles. The lowest BCUT2D eigenvalue weighted by Gasteiger charge is -2.06. The number of aromatic nitrogens is 1. The molecule has 0 bridgehead atoms. The molecule has 1 aromatic rings. The highest BCUT2D eigenvalue weighted by Gasteiger charge is 2.30. The lowest BCUT2D eigenvalue weighted by atomic mass is 10.2. The predicted octanol–water partition coefficient (Wildman–Crippen LogP) is 4.99. The van der Waals surface area contributed by atoms with Crippen LogP contribution in [-0.4, -0.2) is 16.6 Å². The standard InChI is InChI=1S/C12H15ClF3NS/c13-7-3-1-2-4-8-18-11-6-5-10(9-17-11)12(14,15)16/h5-6,9H,1-4,7-8H2. The number of hydrogen-bond acceptors (Lipinski definition) is 2. The van der Waals surface area contributed by atoms with Crippen molar-refractivity contribution < 1.29 is 13.2 Å². The van der Waals surface area contributed by atoms with Crippen molar-refractivity contribution >= 4 is 23.4 Å². The van der Waals surface area contributed by atoms with E-state index in [0.29, 0.717) is 10.9 Å². The van der Waals surface area contributed by atoms with Crippen LogP contribution < -0.4 is 0 Å². The SMILES string of the molecule is FC(F)(F)c1ccc(SCCCCCCCl)nc1. The number of rotatable bonds is 7. The van der Waals surface area contributed by atoms with Crippen molar-refractivity contribution in [2.45, 2.75) is 36.9 Å². The molecule has 6 heteroatoms. The van der Waals surface area contributed by atoms with Crippen LogP contribution in [-0.2, 0) is 6.18 Å². The smallest absolute Gasteiger partial charge is 0.249 e. The van der Waals surface area contributed by atoms with E-state index in [1.165, 1.54) is 17.8 Å². The number of unbranched alkanes of at least 4 members (excludes halogenated alkanes) is 3. The van der Waals surface area contributed by atoms with Crippen molar-refractivity contribution in [3.63, 3.8) is 0 Å². The van der Waals surface area contributed by atoms with E-state index in [0.717, 1.165) is 43.7 Å². The van der Waals surface area contributed by atoms with Gasteiger partial charge in [0.2, 0.25) is 0 Å². The van der Waals surface area contributed by atoms with Crippen molar-refractivity contribution in [1.82, 2.24) is 4.98 Å². The highest BCUT2D eigenvalue weighted by atomic mass is 35.5. The molecule has 0 aliphatic rings. The minimum Gasteiger partial charge on any atom is -0.249 e. The van der Waals surface area contributed by atoms with E-state index in [-0.39, 0.29) is 0 Å². The van der Waals surface area contributed by atoms with E-state index in [9.17, 15) is 13.2 Å². The summed E-state index contributed by atoms with van der Waals surface area (Å²) < 4.78 is 36.9. The van der Waals surface area contributed by atoms with Crippen LogP contribution in [0.5, 0.6) is 0 Å². The second-order valence-electron chi connectivity index (χ2n) is 3.83. The highest BCUT2D eigenvalue weighted by Crippen LogP contribution is 2.29. The summed E-state index contributed by atoms with van der Waals surface area (Å²) in [7, 11) is 0. The van der Waals surface area contributed by atoms with Crippen molar-refractivity contribution in [3.8, 4) is 0 Å². The molecule has 1 rings (SSSR count). The van der Waals surface area contributed by atoms with Crippen molar-refractivity contribution in [1.29, 1.82) is 0 Å². The van der Waals surface area contributed by atoms with Gasteiger partial charge in [0.15, 0.2) is 0 Å². The topological polar surface area (TPSA) is 12.9 Å². The van der Waals surface area contributed by atoms with Gasteiger partial charge >= 0.3 is 6.18 Å². The summed E-state index contributed by atoms with van der Waals surface area (Å²) in [4.78, 5) is 3.80. The van der Waals surface area contributed by atoms with Gasteiger partial charge in [-0.1, -0.05) is 12.8 Å². The van der Waals surface area contributed by atoms with E-state index in [4.69, 9.17) is 11.6 Å². The minimum absolute atomic E-state index is 0.639. The van der Waals surface area contributed by atoms with E-state index in [2.05, 4.69) is 4.98 Å². The van der Waals surface area contributed by atoms with Gasteiger partial charge in [-0.15, -0.1) is 23.4 Å². The third kappa shape index (κ3) is 5.96. The molecule has 0 atom stereocenters. The van der Waals surface area contributed by atoms with Crippen LogP contribution >= 0.6 is 23.4 Å². The third-order valence-corrected chi connectivity index (χ3v) is 3.64. The Hall–Kier alpha value is -0.420. The molecule has 102 valence electrons. The van der Waals surface area contributed by atoms with Crippen LogP contribution in [0.1, 0.15) is 31.2 Å². The summed E-state index contributed by atoms with van der Waals surface area (Å²) in [6.07, 6.45) is 0.827. The molecule has 0 N–H and O–H groups in total.